The summed E-state index contributed by atoms with van der Waals surface area (Å²) in [6.07, 6.45) is 1.79. The van der Waals surface area contributed by atoms with Crippen molar-refractivity contribution in [1.82, 2.24) is 14.8 Å². The smallest absolute Gasteiger partial charge is 0.353 e. The first-order valence-electron chi connectivity index (χ1n) is 8.36. The van der Waals surface area contributed by atoms with Crippen molar-refractivity contribution in [2.45, 2.75) is 25.9 Å². The molecular formula is C19H18FN3O5. The van der Waals surface area contributed by atoms with Crippen molar-refractivity contribution in [2.75, 3.05) is 0 Å². The molecular weight excluding hydrogens is 369 g/mol. The van der Waals surface area contributed by atoms with Gasteiger partial charge in [-0.25, -0.2) is 4.98 Å². The average molecular weight is 387 g/mol. The third kappa shape index (κ3) is 3.57. The number of carbonyl (C=O) groups is 1. The van der Waals surface area contributed by atoms with Gasteiger partial charge >= 0.3 is 5.97 Å². The normalized spacial score (nSPS) is 11.6. The molecule has 146 valence electrons. The minimum atomic E-state index is -2.98. The molecule has 9 heteroatoms. The second-order valence-corrected chi connectivity index (χ2v) is 6.30. The highest BCUT2D eigenvalue weighted by molar-refractivity contribution is 5.83. The Morgan fingerprint density at radius 2 is 1.96 bits per heavy atom. The fourth-order valence-electron chi connectivity index (χ4n) is 2.75. The summed E-state index contributed by atoms with van der Waals surface area (Å²) in [5.74, 6) is -4.48. The molecule has 0 amide bonds. The lowest BCUT2D eigenvalue weighted by molar-refractivity contribution is -0.303. The second kappa shape index (κ2) is 7.37. The van der Waals surface area contributed by atoms with Crippen molar-refractivity contribution in [1.29, 1.82) is 0 Å². The predicted molar refractivity (Wildman–Crippen MR) is 96.0 cm³/mol. The molecule has 0 bridgehead atoms. The van der Waals surface area contributed by atoms with Crippen LogP contribution in [0.25, 0.3) is 11.4 Å². The van der Waals surface area contributed by atoms with E-state index in [1.807, 2.05) is 13.8 Å². The molecule has 0 saturated carbocycles. The number of phenols is 1. The average Bonchev–Trinajstić information content (AvgIpc) is 3.11. The number of nitrogens with zero attached hydrogens (tertiary/aromatic N) is 3. The van der Waals surface area contributed by atoms with E-state index in [-0.39, 0.29) is 28.6 Å². The molecule has 2 aromatic heterocycles. The van der Waals surface area contributed by atoms with E-state index in [1.54, 1.807) is 6.07 Å². The third-order valence-corrected chi connectivity index (χ3v) is 4.03. The number of benzene rings is 1. The van der Waals surface area contributed by atoms with Crippen molar-refractivity contribution in [3.05, 3.63) is 59.7 Å². The predicted octanol–water partition coefficient (Wildman–Crippen LogP) is 2.36. The van der Waals surface area contributed by atoms with Crippen LogP contribution in [0.1, 0.15) is 35.8 Å². The van der Waals surface area contributed by atoms with E-state index in [0.29, 0.717) is 12.0 Å². The number of aromatic hydroxyl groups is 1. The molecule has 8 nitrogen and oxygen atoms in total. The second-order valence-electron chi connectivity index (χ2n) is 6.30. The van der Waals surface area contributed by atoms with Crippen molar-refractivity contribution >= 4 is 6.29 Å². The zero-order valence-electron chi connectivity index (χ0n) is 15.1. The Morgan fingerprint density at radius 3 is 2.64 bits per heavy atom. The number of aldehydes is 1. The summed E-state index contributed by atoms with van der Waals surface area (Å²) in [5.41, 5.74) is -0.286. The minimum Gasteiger partial charge on any atom is -0.507 e. The van der Waals surface area contributed by atoms with Crippen LogP contribution in [0.4, 0.5) is 4.39 Å². The van der Waals surface area contributed by atoms with E-state index < -0.39 is 17.7 Å². The van der Waals surface area contributed by atoms with E-state index >= 15 is 0 Å². The van der Waals surface area contributed by atoms with Crippen LogP contribution >= 0.6 is 0 Å². The molecule has 1 aromatic carbocycles. The molecule has 0 saturated heterocycles. The molecule has 0 spiro atoms. The van der Waals surface area contributed by atoms with Gasteiger partial charge < -0.3 is 20.1 Å². The number of aromatic nitrogens is 3. The Balaban J connectivity index is 2.12. The Labute approximate surface area is 159 Å². The van der Waals surface area contributed by atoms with E-state index in [2.05, 4.69) is 10.1 Å². The number of hydrogen-bond acceptors (Lipinski definition) is 7. The largest absolute Gasteiger partial charge is 0.507 e. The molecule has 0 radical (unpaired) electrons. The fraction of sp³-hybridized carbons (Fsp3) is 0.211. The SMILES string of the molecule is CC(C)n1nccc1-c1nc(F)ccc1C(O)(O)Oc1cccc(O)c1C=O. The minimum absolute atomic E-state index is 0.0935. The highest BCUT2D eigenvalue weighted by atomic mass is 19.1. The van der Waals surface area contributed by atoms with Gasteiger partial charge in [0.05, 0.1) is 16.8 Å². The molecule has 3 N–H and O–H groups in total. The molecule has 0 fully saturated rings. The maximum Gasteiger partial charge on any atom is 0.353 e. The van der Waals surface area contributed by atoms with Gasteiger partial charge in [0.1, 0.15) is 17.2 Å². The lowest BCUT2D eigenvalue weighted by Crippen LogP contribution is -2.34. The van der Waals surface area contributed by atoms with Crippen LogP contribution in [-0.4, -0.2) is 36.4 Å². The Morgan fingerprint density at radius 1 is 1.21 bits per heavy atom. The van der Waals surface area contributed by atoms with Crippen molar-refractivity contribution in [3.63, 3.8) is 0 Å². The first kappa shape index (κ1) is 19.5. The van der Waals surface area contributed by atoms with Gasteiger partial charge in [0.15, 0.2) is 6.29 Å². The zero-order valence-corrected chi connectivity index (χ0v) is 15.1. The number of hydrogen-bond donors (Lipinski definition) is 3. The van der Waals surface area contributed by atoms with Gasteiger partial charge in [0.25, 0.3) is 0 Å². The van der Waals surface area contributed by atoms with E-state index in [1.165, 1.54) is 29.1 Å². The summed E-state index contributed by atoms with van der Waals surface area (Å²) in [6, 6.07) is 7.39. The molecule has 2 heterocycles. The summed E-state index contributed by atoms with van der Waals surface area (Å²) in [7, 11) is 0. The summed E-state index contributed by atoms with van der Waals surface area (Å²) < 4.78 is 20.6. The Bertz CT molecular complexity index is 1020. The number of pyridine rings is 1. The maximum absolute atomic E-state index is 13.8. The van der Waals surface area contributed by atoms with Crippen LogP contribution in [0.15, 0.2) is 42.6 Å². The zero-order chi connectivity index (χ0) is 20.5. The third-order valence-electron chi connectivity index (χ3n) is 4.03. The summed E-state index contributed by atoms with van der Waals surface area (Å²) in [4.78, 5) is 15.0. The van der Waals surface area contributed by atoms with Gasteiger partial charge in [-0.15, -0.1) is 0 Å². The summed E-state index contributed by atoms with van der Waals surface area (Å²) in [5, 5.41) is 35.1. The number of halogens is 1. The summed E-state index contributed by atoms with van der Waals surface area (Å²) in [6.45, 7) is 3.69. The molecule has 0 atom stereocenters. The van der Waals surface area contributed by atoms with E-state index in [0.717, 1.165) is 12.1 Å². The van der Waals surface area contributed by atoms with Crippen LogP contribution in [-0.2, 0) is 5.97 Å². The fourth-order valence-corrected chi connectivity index (χ4v) is 2.75. The van der Waals surface area contributed by atoms with Crippen LogP contribution < -0.4 is 4.74 Å². The molecule has 0 aliphatic heterocycles. The number of rotatable bonds is 6. The van der Waals surface area contributed by atoms with E-state index in [9.17, 15) is 24.5 Å². The van der Waals surface area contributed by atoms with Crippen molar-refractivity contribution < 1.29 is 29.2 Å². The number of phenolic OH excluding ortho intramolecular Hbond substituents is 1. The number of carbonyl (C=O) groups excluding carboxylic acids is 1. The van der Waals surface area contributed by atoms with Gasteiger partial charge in [-0.1, -0.05) is 6.07 Å². The lowest BCUT2D eigenvalue weighted by Gasteiger charge is -2.26. The molecule has 0 aliphatic carbocycles. The first-order chi connectivity index (χ1) is 13.2. The lowest BCUT2D eigenvalue weighted by atomic mass is 10.1. The van der Waals surface area contributed by atoms with E-state index in [4.69, 9.17) is 4.74 Å². The first-order valence-corrected chi connectivity index (χ1v) is 8.36. The van der Waals surface area contributed by atoms with Gasteiger partial charge in [-0.05, 0) is 44.2 Å². The maximum atomic E-state index is 13.8. The number of ether oxygens (including phenoxy) is 1. The van der Waals surface area contributed by atoms with Gasteiger partial charge in [0.2, 0.25) is 5.95 Å². The molecule has 0 aliphatic rings. The van der Waals surface area contributed by atoms with Crippen molar-refractivity contribution in [2.24, 2.45) is 0 Å². The molecule has 3 aromatic rings. The molecule has 28 heavy (non-hydrogen) atoms. The van der Waals surface area contributed by atoms with Gasteiger partial charge in [-0.3, -0.25) is 9.48 Å². The quantitative estimate of drug-likeness (QED) is 0.338. The van der Waals surface area contributed by atoms with Crippen molar-refractivity contribution in [3.8, 4) is 22.9 Å². The molecule has 3 rings (SSSR count). The Hall–Kier alpha value is -3.30. The van der Waals surface area contributed by atoms with Gasteiger partial charge in [0, 0.05) is 12.2 Å². The van der Waals surface area contributed by atoms with Crippen LogP contribution in [0.3, 0.4) is 0 Å². The van der Waals surface area contributed by atoms with Gasteiger partial charge in [-0.2, -0.15) is 9.49 Å². The highest BCUT2D eigenvalue weighted by Gasteiger charge is 2.35. The molecule has 0 unspecified atom stereocenters. The van der Waals surface area contributed by atoms with Crippen LogP contribution in [0.2, 0.25) is 0 Å². The number of aliphatic hydroxyl groups is 2. The van der Waals surface area contributed by atoms with Crippen LogP contribution in [0.5, 0.6) is 11.5 Å². The van der Waals surface area contributed by atoms with Crippen LogP contribution in [0, 0.1) is 5.95 Å². The highest BCUT2D eigenvalue weighted by Crippen LogP contribution is 2.34. The standard InChI is InChI=1S/C19H18FN3O5/c1-11(2)23-14(8-9-21-23)18-13(6-7-17(20)22-18)19(26,27)28-16-5-3-4-15(25)12(16)10-24/h3-11,25-27H,1-2H3. The summed E-state index contributed by atoms with van der Waals surface area (Å²) >= 11 is 0. The Kier molecular flexibility index (Phi) is 5.12. The topological polar surface area (TPSA) is 118 Å². The monoisotopic (exact) mass is 387 g/mol.